The Morgan fingerprint density at radius 2 is 2.00 bits per heavy atom. The molecule has 82 valence electrons. The van der Waals surface area contributed by atoms with Gasteiger partial charge in [0.2, 0.25) is 0 Å². The monoisotopic (exact) mass is 234 g/mol. The first-order chi connectivity index (χ1) is 7.58. The molecule has 4 heteroatoms. The van der Waals surface area contributed by atoms with E-state index in [1.54, 1.807) is 31.4 Å². The SMILES string of the molecule is Cn1ccc(-c2ccc(Cl)cc2N)cc1=O. The fourth-order valence-electron chi connectivity index (χ4n) is 1.51. The van der Waals surface area contributed by atoms with Gasteiger partial charge >= 0.3 is 0 Å². The number of benzene rings is 1. The lowest BCUT2D eigenvalue weighted by Crippen LogP contribution is -2.14. The van der Waals surface area contributed by atoms with Gasteiger partial charge in [0.05, 0.1) is 0 Å². The van der Waals surface area contributed by atoms with Gasteiger partial charge in [0.15, 0.2) is 0 Å². The van der Waals surface area contributed by atoms with Crippen LogP contribution >= 0.6 is 11.6 Å². The fourth-order valence-corrected chi connectivity index (χ4v) is 1.69. The van der Waals surface area contributed by atoms with Crippen molar-refractivity contribution in [1.29, 1.82) is 0 Å². The Kier molecular flexibility index (Phi) is 2.71. The summed E-state index contributed by atoms with van der Waals surface area (Å²) in [6.07, 6.45) is 1.71. The van der Waals surface area contributed by atoms with Gasteiger partial charge in [-0.1, -0.05) is 17.7 Å². The molecule has 16 heavy (non-hydrogen) atoms. The van der Waals surface area contributed by atoms with Gasteiger partial charge in [-0.2, -0.15) is 0 Å². The summed E-state index contributed by atoms with van der Waals surface area (Å²) < 4.78 is 1.51. The molecule has 1 aromatic carbocycles. The van der Waals surface area contributed by atoms with Crippen molar-refractivity contribution in [2.24, 2.45) is 7.05 Å². The number of nitrogens with two attached hydrogens (primary N) is 1. The maximum Gasteiger partial charge on any atom is 0.250 e. The van der Waals surface area contributed by atoms with Crippen molar-refractivity contribution in [3.8, 4) is 11.1 Å². The van der Waals surface area contributed by atoms with Crippen molar-refractivity contribution < 1.29 is 0 Å². The predicted molar refractivity (Wildman–Crippen MR) is 66.5 cm³/mol. The lowest BCUT2D eigenvalue weighted by atomic mass is 10.1. The summed E-state index contributed by atoms with van der Waals surface area (Å²) in [6.45, 7) is 0. The zero-order valence-electron chi connectivity index (χ0n) is 8.77. The van der Waals surface area contributed by atoms with Crippen LogP contribution in [0.15, 0.2) is 41.3 Å². The van der Waals surface area contributed by atoms with Crippen molar-refractivity contribution in [3.63, 3.8) is 0 Å². The molecule has 0 unspecified atom stereocenters. The van der Waals surface area contributed by atoms with E-state index in [0.717, 1.165) is 11.1 Å². The summed E-state index contributed by atoms with van der Waals surface area (Å²) in [5.41, 5.74) is 7.98. The third-order valence-electron chi connectivity index (χ3n) is 2.43. The third kappa shape index (κ3) is 1.95. The number of rotatable bonds is 1. The molecule has 0 fully saturated rings. The Morgan fingerprint density at radius 3 is 2.62 bits per heavy atom. The highest BCUT2D eigenvalue weighted by atomic mass is 35.5. The zero-order valence-corrected chi connectivity index (χ0v) is 9.53. The Bertz CT molecular complexity index is 590. The highest BCUT2D eigenvalue weighted by Crippen LogP contribution is 2.27. The average molecular weight is 235 g/mol. The largest absolute Gasteiger partial charge is 0.398 e. The minimum Gasteiger partial charge on any atom is -0.398 e. The van der Waals surface area contributed by atoms with Crippen LogP contribution in [0.3, 0.4) is 0 Å². The minimum absolute atomic E-state index is 0.0631. The van der Waals surface area contributed by atoms with E-state index >= 15 is 0 Å². The van der Waals surface area contributed by atoms with E-state index in [4.69, 9.17) is 17.3 Å². The van der Waals surface area contributed by atoms with E-state index in [9.17, 15) is 4.79 Å². The molecule has 2 rings (SSSR count). The van der Waals surface area contributed by atoms with Crippen LogP contribution in [0.4, 0.5) is 5.69 Å². The van der Waals surface area contributed by atoms with E-state index in [1.807, 2.05) is 12.1 Å². The molecule has 0 amide bonds. The first kappa shape index (κ1) is 10.8. The van der Waals surface area contributed by atoms with Gasteiger partial charge < -0.3 is 10.3 Å². The van der Waals surface area contributed by atoms with Gasteiger partial charge in [-0.05, 0) is 23.8 Å². The lowest BCUT2D eigenvalue weighted by molar-refractivity contribution is 0.861. The molecule has 0 spiro atoms. The smallest absolute Gasteiger partial charge is 0.250 e. The van der Waals surface area contributed by atoms with Crippen LogP contribution in [-0.2, 0) is 7.05 Å². The number of halogens is 1. The van der Waals surface area contributed by atoms with E-state index in [0.29, 0.717) is 10.7 Å². The number of nitrogen functional groups attached to an aromatic ring is 1. The van der Waals surface area contributed by atoms with Gasteiger partial charge in [0, 0.05) is 35.6 Å². The quantitative estimate of drug-likeness (QED) is 0.770. The fraction of sp³-hybridized carbons (Fsp3) is 0.0833. The van der Waals surface area contributed by atoms with Gasteiger partial charge in [-0.25, -0.2) is 0 Å². The predicted octanol–water partition coefficient (Wildman–Crippen LogP) is 2.29. The number of anilines is 1. The number of nitrogens with zero attached hydrogens (tertiary/aromatic N) is 1. The van der Waals surface area contributed by atoms with Crippen LogP contribution in [0.2, 0.25) is 5.02 Å². The maximum absolute atomic E-state index is 11.5. The van der Waals surface area contributed by atoms with Crippen LogP contribution in [0.25, 0.3) is 11.1 Å². The van der Waals surface area contributed by atoms with Crippen molar-refractivity contribution in [2.75, 3.05) is 5.73 Å². The summed E-state index contributed by atoms with van der Waals surface area (Å²) in [5, 5.41) is 0.588. The van der Waals surface area contributed by atoms with E-state index in [2.05, 4.69) is 0 Å². The molecular weight excluding hydrogens is 224 g/mol. The third-order valence-corrected chi connectivity index (χ3v) is 2.66. The second-order valence-corrected chi connectivity index (χ2v) is 4.03. The van der Waals surface area contributed by atoms with E-state index in [1.165, 1.54) is 4.57 Å². The number of hydrogen-bond donors (Lipinski definition) is 1. The number of aryl methyl sites for hydroxylation is 1. The summed E-state index contributed by atoms with van der Waals surface area (Å²) in [6, 6.07) is 8.64. The highest BCUT2D eigenvalue weighted by Gasteiger charge is 2.04. The van der Waals surface area contributed by atoms with Crippen molar-refractivity contribution in [3.05, 3.63) is 51.9 Å². The molecule has 2 N–H and O–H groups in total. The molecule has 2 aromatic rings. The summed E-state index contributed by atoms with van der Waals surface area (Å²) in [4.78, 5) is 11.5. The Hall–Kier alpha value is -1.74. The molecule has 0 bridgehead atoms. The maximum atomic E-state index is 11.5. The molecule has 0 saturated carbocycles. The molecule has 0 aliphatic heterocycles. The second kappa shape index (κ2) is 4.02. The standard InChI is InChI=1S/C12H11ClN2O/c1-15-5-4-8(6-12(15)16)10-3-2-9(13)7-11(10)14/h2-7H,14H2,1H3. The summed E-state index contributed by atoms with van der Waals surface area (Å²) in [5.74, 6) is 0. The van der Waals surface area contributed by atoms with Gasteiger partial charge in [0.25, 0.3) is 5.56 Å². The molecule has 1 heterocycles. The van der Waals surface area contributed by atoms with Crippen LogP contribution < -0.4 is 11.3 Å². The van der Waals surface area contributed by atoms with Crippen LogP contribution in [-0.4, -0.2) is 4.57 Å². The van der Waals surface area contributed by atoms with Crippen LogP contribution in [0.1, 0.15) is 0 Å². The van der Waals surface area contributed by atoms with E-state index < -0.39 is 0 Å². The van der Waals surface area contributed by atoms with Gasteiger partial charge in [0.1, 0.15) is 0 Å². The topological polar surface area (TPSA) is 48.0 Å². The second-order valence-electron chi connectivity index (χ2n) is 3.60. The lowest BCUT2D eigenvalue weighted by Gasteiger charge is -2.06. The van der Waals surface area contributed by atoms with Crippen LogP contribution in [0, 0.1) is 0 Å². The Balaban J connectivity index is 2.59. The summed E-state index contributed by atoms with van der Waals surface area (Å²) >= 11 is 5.82. The van der Waals surface area contributed by atoms with Gasteiger partial charge in [-0.3, -0.25) is 4.79 Å². The first-order valence-electron chi connectivity index (χ1n) is 4.80. The first-order valence-corrected chi connectivity index (χ1v) is 5.18. The molecule has 0 atom stereocenters. The van der Waals surface area contributed by atoms with Crippen LogP contribution in [0.5, 0.6) is 0 Å². The van der Waals surface area contributed by atoms with Crippen molar-refractivity contribution in [2.45, 2.75) is 0 Å². The highest BCUT2D eigenvalue weighted by molar-refractivity contribution is 6.31. The van der Waals surface area contributed by atoms with Crippen molar-refractivity contribution in [1.82, 2.24) is 4.57 Å². The Morgan fingerprint density at radius 1 is 1.25 bits per heavy atom. The molecule has 0 saturated heterocycles. The average Bonchev–Trinajstić information content (AvgIpc) is 2.22. The molecule has 0 radical (unpaired) electrons. The number of aromatic nitrogens is 1. The molecule has 3 nitrogen and oxygen atoms in total. The minimum atomic E-state index is -0.0631. The number of pyridine rings is 1. The van der Waals surface area contributed by atoms with E-state index in [-0.39, 0.29) is 5.56 Å². The normalized spacial score (nSPS) is 10.4. The van der Waals surface area contributed by atoms with Crippen molar-refractivity contribution >= 4 is 17.3 Å². The molecule has 0 aliphatic carbocycles. The number of hydrogen-bond acceptors (Lipinski definition) is 2. The Labute approximate surface area is 98.1 Å². The molecule has 0 aliphatic rings. The zero-order chi connectivity index (χ0) is 11.7. The molecule has 1 aromatic heterocycles. The van der Waals surface area contributed by atoms with Gasteiger partial charge in [-0.15, -0.1) is 0 Å². The summed E-state index contributed by atoms with van der Waals surface area (Å²) in [7, 11) is 1.71. The molecular formula is C12H11ClN2O.